The molecule has 1 saturated heterocycles. The monoisotopic (exact) mass is 665 g/mol. The molecule has 2 aromatic heterocycles. The molecule has 13 heteroatoms. The second-order valence-corrected chi connectivity index (χ2v) is 11.9. The van der Waals surface area contributed by atoms with Crippen molar-refractivity contribution >= 4 is 34.3 Å². The zero-order valence-corrected chi connectivity index (χ0v) is 27.3. The second-order valence-electron chi connectivity index (χ2n) is 11.9. The lowest BCUT2D eigenvalue weighted by atomic mass is 9.86. The third-order valence-corrected chi connectivity index (χ3v) is 9.01. The number of hydrogen-bond donors (Lipinski definition) is 2. The van der Waals surface area contributed by atoms with Crippen molar-refractivity contribution < 1.29 is 19.1 Å². The van der Waals surface area contributed by atoms with E-state index in [0.717, 1.165) is 47.7 Å². The van der Waals surface area contributed by atoms with Gasteiger partial charge in [0.25, 0.3) is 11.1 Å². The van der Waals surface area contributed by atoms with Gasteiger partial charge in [-0.15, -0.1) is 0 Å². The Morgan fingerprint density at radius 3 is 2.10 bits per heavy atom. The fourth-order valence-electron chi connectivity index (χ4n) is 6.32. The highest BCUT2D eigenvalue weighted by molar-refractivity contribution is 5.86. The lowest BCUT2D eigenvalue weighted by Gasteiger charge is -2.41. The smallest absolute Gasteiger partial charge is 0.269 e. The van der Waals surface area contributed by atoms with Crippen molar-refractivity contribution in [1.29, 1.82) is 0 Å². The Bertz CT molecular complexity index is 2070. The number of carbonyl (C=O) groups is 2. The minimum absolute atomic E-state index is 0.00559. The van der Waals surface area contributed by atoms with E-state index in [1.165, 1.54) is 17.0 Å². The van der Waals surface area contributed by atoms with Crippen LogP contribution >= 0.6 is 0 Å². The number of aldehydes is 1. The number of ether oxygens (including phenoxy) is 2. The van der Waals surface area contributed by atoms with E-state index in [1.807, 2.05) is 54.6 Å². The first-order chi connectivity index (χ1) is 23.9. The van der Waals surface area contributed by atoms with Gasteiger partial charge in [-0.1, -0.05) is 30.3 Å². The van der Waals surface area contributed by atoms with E-state index >= 15 is 0 Å². The van der Waals surface area contributed by atoms with Crippen molar-refractivity contribution in [3.8, 4) is 11.5 Å². The van der Waals surface area contributed by atoms with Crippen molar-refractivity contribution in [3.05, 3.63) is 105 Å². The fraction of sp³-hybridized carbons (Fsp3) is 0.333. The van der Waals surface area contributed by atoms with E-state index in [9.17, 15) is 19.2 Å². The molecule has 0 spiro atoms. The molecule has 2 aliphatic rings. The summed E-state index contributed by atoms with van der Waals surface area (Å²) < 4.78 is 14.5. The summed E-state index contributed by atoms with van der Waals surface area (Å²) in [6, 6.07) is 20.8. The maximum absolute atomic E-state index is 12.9. The summed E-state index contributed by atoms with van der Waals surface area (Å²) in [4.78, 5) is 57.7. The van der Waals surface area contributed by atoms with E-state index in [0.29, 0.717) is 56.5 Å². The van der Waals surface area contributed by atoms with Crippen molar-refractivity contribution in [2.24, 2.45) is 0 Å². The number of benzene rings is 3. The first-order valence-electron chi connectivity index (χ1n) is 16.3. The fourth-order valence-corrected chi connectivity index (χ4v) is 6.32. The number of rotatable bonds is 9. The molecule has 49 heavy (non-hydrogen) atoms. The van der Waals surface area contributed by atoms with E-state index in [2.05, 4.69) is 25.5 Å². The number of nitrogens with zero attached hydrogens (tertiary/aromatic N) is 5. The number of aromatic nitrogens is 4. The van der Waals surface area contributed by atoms with Crippen molar-refractivity contribution in [2.45, 2.75) is 38.0 Å². The van der Waals surface area contributed by atoms with Crippen molar-refractivity contribution in [3.63, 3.8) is 0 Å². The molecule has 0 aliphatic carbocycles. The van der Waals surface area contributed by atoms with E-state index in [4.69, 9.17) is 9.47 Å². The average Bonchev–Trinajstić information content (AvgIpc) is 3.15. The predicted octanol–water partition coefficient (Wildman–Crippen LogP) is 2.13. The van der Waals surface area contributed by atoms with Crippen LogP contribution in [0.25, 0.3) is 22.1 Å². The van der Waals surface area contributed by atoms with Gasteiger partial charge in [0.15, 0.2) is 11.5 Å². The molecule has 13 nitrogen and oxygen atoms in total. The van der Waals surface area contributed by atoms with Gasteiger partial charge < -0.3 is 29.1 Å². The molecule has 3 aromatic carbocycles. The molecular weight excluding hydrogens is 626 g/mol. The third kappa shape index (κ3) is 7.53. The Kier molecular flexibility index (Phi) is 10.4. The highest BCUT2D eigenvalue weighted by atomic mass is 16.6. The zero-order valence-electron chi connectivity index (χ0n) is 27.3. The normalized spacial score (nSPS) is 15.3. The number of likely N-dealkylation sites (tertiary alicyclic amines) is 1. The van der Waals surface area contributed by atoms with Crippen LogP contribution in [0.1, 0.15) is 18.4 Å². The third-order valence-electron chi connectivity index (χ3n) is 9.01. The Labute approximate surface area is 282 Å². The molecule has 0 atom stereocenters. The summed E-state index contributed by atoms with van der Waals surface area (Å²) in [6.07, 6.45) is 4.68. The predicted molar refractivity (Wildman–Crippen MR) is 185 cm³/mol. The van der Waals surface area contributed by atoms with Gasteiger partial charge in [-0.3, -0.25) is 24.3 Å². The number of likely N-dealkylation sites (N-methyl/N-ethyl adjacent to an activating group) is 1. The van der Waals surface area contributed by atoms with Gasteiger partial charge in [0.1, 0.15) is 25.0 Å². The number of hydrogen-bond acceptors (Lipinski definition) is 10. The highest BCUT2D eigenvalue weighted by Crippen LogP contribution is 2.31. The van der Waals surface area contributed by atoms with Crippen LogP contribution in [0.4, 0.5) is 0 Å². The quantitative estimate of drug-likeness (QED) is 0.224. The Hall–Kier alpha value is -5.40. The van der Waals surface area contributed by atoms with Gasteiger partial charge in [-0.2, -0.15) is 0 Å². The van der Waals surface area contributed by atoms with E-state index in [-0.39, 0.29) is 23.6 Å². The summed E-state index contributed by atoms with van der Waals surface area (Å²) >= 11 is 0. The highest BCUT2D eigenvalue weighted by Gasteiger charge is 2.40. The molecule has 5 aromatic rings. The van der Waals surface area contributed by atoms with Crippen LogP contribution in [0.3, 0.4) is 0 Å². The molecule has 0 radical (unpaired) electrons. The summed E-state index contributed by atoms with van der Waals surface area (Å²) in [5, 5.41) is 6.38. The molecule has 7 rings (SSSR count). The van der Waals surface area contributed by atoms with Crippen LogP contribution in [0.2, 0.25) is 0 Å². The lowest BCUT2D eigenvalue weighted by Crippen LogP contribution is -2.61. The first kappa shape index (κ1) is 33.5. The van der Waals surface area contributed by atoms with Gasteiger partial charge >= 0.3 is 0 Å². The summed E-state index contributed by atoms with van der Waals surface area (Å²) in [6.45, 7) is 4.58. The number of nitrogens with one attached hydrogen (secondary N) is 2. The summed E-state index contributed by atoms with van der Waals surface area (Å²) in [5.41, 5.74) is 3.12. The lowest BCUT2D eigenvalue weighted by molar-refractivity contribution is -0.129. The van der Waals surface area contributed by atoms with Crippen LogP contribution in [0.5, 0.6) is 11.5 Å². The standard InChI is InChI=1S/C26H31N5O4.C10H8N2O2/c1-27-25(33)26(29-17-19-6-7-22-23(16-19)35-15-14-34-22)8-10-30(11-9-26)12-13-31-21-5-3-2-4-20(21)28-18-24(31)32;13-6-5-12-9-4-2-1-3-8(9)11-7-10(12)14/h2-7,16,18,29H,8-15,17H2,1H3,(H,27,33);1-4,6-7H,5H2. The Morgan fingerprint density at radius 2 is 1.45 bits per heavy atom. The SMILES string of the molecule is CNC(=O)C1(NCc2ccc3c(c2)OCCO3)CCN(CCn2c(=O)cnc3ccccc32)CC1.O=CCn1c(=O)cnc2ccccc21. The number of carbonyl (C=O) groups excluding carboxylic acids is 2. The van der Waals surface area contributed by atoms with Gasteiger partial charge in [-0.25, -0.2) is 9.97 Å². The minimum Gasteiger partial charge on any atom is -0.486 e. The second kappa shape index (κ2) is 15.2. The summed E-state index contributed by atoms with van der Waals surface area (Å²) in [5.74, 6) is 1.51. The molecule has 0 unspecified atom stereocenters. The number of amides is 1. The maximum Gasteiger partial charge on any atom is 0.269 e. The average molecular weight is 666 g/mol. The molecule has 0 bridgehead atoms. The number of fused-ring (bicyclic) bond motifs is 3. The zero-order chi connectivity index (χ0) is 34.2. The van der Waals surface area contributed by atoms with Crippen LogP contribution in [-0.4, -0.2) is 81.6 Å². The van der Waals surface area contributed by atoms with Gasteiger partial charge in [0.2, 0.25) is 5.91 Å². The van der Waals surface area contributed by atoms with Crippen LogP contribution in [0, 0.1) is 0 Å². The van der Waals surface area contributed by atoms with Gasteiger partial charge in [-0.05, 0) is 54.8 Å². The largest absolute Gasteiger partial charge is 0.486 e. The van der Waals surface area contributed by atoms with E-state index in [1.54, 1.807) is 23.7 Å². The first-order valence-corrected chi connectivity index (χ1v) is 16.3. The molecule has 4 heterocycles. The number of para-hydroxylation sites is 4. The van der Waals surface area contributed by atoms with Crippen LogP contribution < -0.4 is 31.2 Å². The molecule has 1 fully saturated rings. The summed E-state index contributed by atoms with van der Waals surface area (Å²) in [7, 11) is 1.68. The minimum atomic E-state index is -0.640. The van der Waals surface area contributed by atoms with E-state index < -0.39 is 5.54 Å². The van der Waals surface area contributed by atoms with Crippen LogP contribution in [-0.2, 0) is 29.2 Å². The maximum atomic E-state index is 12.9. The molecule has 254 valence electrons. The van der Waals surface area contributed by atoms with Gasteiger partial charge in [0, 0.05) is 39.8 Å². The Balaban J connectivity index is 0.000000248. The van der Waals surface area contributed by atoms with Crippen LogP contribution in [0.15, 0.2) is 88.7 Å². The molecule has 2 N–H and O–H groups in total. The number of piperidine rings is 1. The van der Waals surface area contributed by atoms with Gasteiger partial charge in [0.05, 0.1) is 41.0 Å². The molecule has 0 saturated carbocycles. The van der Waals surface area contributed by atoms with Crippen molar-refractivity contribution in [2.75, 3.05) is 39.9 Å². The topological polar surface area (TPSA) is 150 Å². The van der Waals surface area contributed by atoms with Crippen molar-refractivity contribution in [1.82, 2.24) is 34.6 Å². The Morgan fingerprint density at radius 1 is 0.837 bits per heavy atom. The molecule has 2 aliphatic heterocycles. The molecule has 1 amide bonds. The molecular formula is C36H39N7O6.